The molecule has 0 aliphatic heterocycles. The van der Waals surface area contributed by atoms with Crippen molar-refractivity contribution in [3.05, 3.63) is 36.1 Å². The maximum atomic E-state index is 6.04. The number of hydrogen-bond donors (Lipinski definition) is 1. The van der Waals surface area contributed by atoms with Crippen LogP contribution >= 0.6 is 0 Å². The van der Waals surface area contributed by atoms with Gasteiger partial charge in [0.2, 0.25) is 0 Å². The average molecular weight is 213 g/mol. The smallest absolute Gasteiger partial charge is 0.134 e. The SMILES string of the molecule is C#CCCCC(N)c1cc2ccccc2o1. The Morgan fingerprint density at radius 2 is 2.19 bits per heavy atom. The Balaban J connectivity index is 2.11. The van der Waals surface area contributed by atoms with Crippen molar-refractivity contribution in [1.29, 1.82) is 0 Å². The van der Waals surface area contributed by atoms with Crippen LogP contribution < -0.4 is 5.73 Å². The molecule has 82 valence electrons. The van der Waals surface area contributed by atoms with Gasteiger partial charge in [-0.3, -0.25) is 0 Å². The number of hydrogen-bond acceptors (Lipinski definition) is 2. The number of fused-ring (bicyclic) bond motifs is 1. The second-order valence-electron chi connectivity index (χ2n) is 3.89. The summed E-state index contributed by atoms with van der Waals surface area (Å²) in [6.45, 7) is 0. The van der Waals surface area contributed by atoms with Gasteiger partial charge in [0.15, 0.2) is 0 Å². The van der Waals surface area contributed by atoms with Gasteiger partial charge in [-0.25, -0.2) is 0 Å². The summed E-state index contributed by atoms with van der Waals surface area (Å²) in [4.78, 5) is 0. The van der Waals surface area contributed by atoms with E-state index in [1.165, 1.54) is 0 Å². The highest BCUT2D eigenvalue weighted by atomic mass is 16.3. The number of para-hydroxylation sites is 1. The van der Waals surface area contributed by atoms with Crippen LogP contribution in [0.25, 0.3) is 11.0 Å². The third kappa shape index (κ3) is 2.26. The fourth-order valence-corrected chi connectivity index (χ4v) is 1.75. The minimum atomic E-state index is -0.0549. The summed E-state index contributed by atoms with van der Waals surface area (Å²) in [5, 5.41) is 1.10. The first-order valence-corrected chi connectivity index (χ1v) is 5.49. The van der Waals surface area contributed by atoms with Crippen molar-refractivity contribution in [3.8, 4) is 12.3 Å². The molecule has 0 bridgehead atoms. The van der Waals surface area contributed by atoms with Crippen LogP contribution in [0.5, 0.6) is 0 Å². The fourth-order valence-electron chi connectivity index (χ4n) is 1.75. The van der Waals surface area contributed by atoms with Crippen LogP contribution in [0.2, 0.25) is 0 Å². The number of benzene rings is 1. The molecule has 0 aliphatic rings. The van der Waals surface area contributed by atoms with Crippen molar-refractivity contribution in [1.82, 2.24) is 0 Å². The zero-order valence-corrected chi connectivity index (χ0v) is 9.15. The molecule has 0 radical (unpaired) electrons. The Labute approximate surface area is 95.4 Å². The van der Waals surface area contributed by atoms with Crippen molar-refractivity contribution < 1.29 is 4.42 Å². The molecule has 0 aliphatic carbocycles. The van der Waals surface area contributed by atoms with Gasteiger partial charge in [0.05, 0.1) is 6.04 Å². The van der Waals surface area contributed by atoms with Gasteiger partial charge in [-0.05, 0) is 25.0 Å². The number of unbranched alkanes of at least 4 members (excludes halogenated alkanes) is 1. The number of furan rings is 1. The van der Waals surface area contributed by atoms with Gasteiger partial charge in [0.25, 0.3) is 0 Å². The Bertz CT molecular complexity index is 474. The average Bonchev–Trinajstić information content (AvgIpc) is 2.73. The molecule has 2 heteroatoms. The molecule has 16 heavy (non-hydrogen) atoms. The normalized spacial score (nSPS) is 12.5. The van der Waals surface area contributed by atoms with E-state index in [-0.39, 0.29) is 6.04 Å². The second kappa shape index (κ2) is 4.87. The summed E-state index contributed by atoms with van der Waals surface area (Å²) in [5.74, 6) is 3.46. The van der Waals surface area contributed by atoms with Gasteiger partial charge < -0.3 is 10.2 Å². The molecular formula is C14H15NO. The maximum absolute atomic E-state index is 6.04. The Hall–Kier alpha value is -1.72. The van der Waals surface area contributed by atoms with Gasteiger partial charge >= 0.3 is 0 Å². The number of nitrogens with two attached hydrogens (primary N) is 1. The van der Waals surface area contributed by atoms with Crippen molar-refractivity contribution in [2.75, 3.05) is 0 Å². The standard InChI is InChI=1S/C14H15NO/c1-2-3-4-8-12(15)14-10-11-7-5-6-9-13(11)16-14/h1,5-7,9-10,12H,3-4,8,15H2. The maximum Gasteiger partial charge on any atom is 0.134 e. The quantitative estimate of drug-likeness (QED) is 0.625. The van der Waals surface area contributed by atoms with Crippen LogP contribution in [0.3, 0.4) is 0 Å². The van der Waals surface area contributed by atoms with Gasteiger partial charge in [-0.2, -0.15) is 0 Å². The van der Waals surface area contributed by atoms with Crippen LogP contribution in [0.1, 0.15) is 31.1 Å². The van der Waals surface area contributed by atoms with E-state index < -0.39 is 0 Å². The topological polar surface area (TPSA) is 39.2 Å². The largest absolute Gasteiger partial charge is 0.459 e. The lowest BCUT2D eigenvalue weighted by Gasteiger charge is -2.06. The molecule has 0 saturated carbocycles. The van der Waals surface area contributed by atoms with E-state index in [9.17, 15) is 0 Å². The Morgan fingerprint density at radius 1 is 1.38 bits per heavy atom. The zero-order valence-electron chi connectivity index (χ0n) is 9.15. The molecule has 0 amide bonds. The highest BCUT2D eigenvalue weighted by Gasteiger charge is 2.10. The van der Waals surface area contributed by atoms with Crippen LogP contribution in [0, 0.1) is 12.3 Å². The van der Waals surface area contributed by atoms with Crippen molar-refractivity contribution in [3.63, 3.8) is 0 Å². The molecule has 2 nitrogen and oxygen atoms in total. The van der Waals surface area contributed by atoms with Crippen molar-refractivity contribution in [2.45, 2.75) is 25.3 Å². The summed E-state index contributed by atoms with van der Waals surface area (Å²) >= 11 is 0. The fraction of sp³-hybridized carbons (Fsp3) is 0.286. The van der Waals surface area contributed by atoms with Crippen molar-refractivity contribution in [2.24, 2.45) is 5.73 Å². The highest BCUT2D eigenvalue weighted by molar-refractivity contribution is 5.77. The molecular weight excluding hydrogens is 198 g/mol. The van der Waals surface area contributed by atoms with Crippen LogP contribution in [-0.4, -0.2) is 0 Å². The summed E-state index contributed by atoms with van der Waals surface area (Å²) in [6, 6.07) is 9.88. The van der Waals surface area contributed by atoms with E-state index in [1.54, 1.807) is 0 Å². The minimum Gasteiger partial charge on any atom is -0.459 e. The molecule has 2 rings (SSSR count). The molecule has 1 aromatic carbocycles. The summed E-state index contributed by atoms with van der Waals surface area (Å²) in [7, 11) is 0. The third-order valence-electron chi connectivity index (χ3n) is 2.65. The second-order valence-corrected chi connectivity index (χ2v) is 3.89. The van der Waals surface area contributed by atoms with Gasteiger partial charge in [-0.15, -0.1) is 12.3 Å². The van der Waals surface area contributed by atoms with Gasteiger partial charge in [0, 0.05) is 11.8 Å². The monoisotopic (exact) mass is 213 g/mol. The van der Waals surface area contributed by atoms with E-state index in [4.69, 9.17) is 16.6 Å². The first kappa shape index (κ1) is 10.8. The van der Waals surface area contributed by atoms with Crippen molar-refractivity contribution >= 4 is 11.0 Å². The molecule has 0 saturated heterocycles. The first-order chi connectivity index (χ1) is 7.81. The molecule has 2 aromatic rings. The van der Waals surface area contributed by atoms with E-state index in [0.717, 1.165) is 36.0 Å². The Morgan fingerprint density at radius 3 is 2.94 bits per heavy atom. The van der Waals surface area contributed by atoms with E-state index in [2.05, 4.69) is 5.92 Å². The van der Waals surface area contributed by atoms with E-state index >= 15 is 0 Å². The predicted molar refractivity (Wildman–Crippen MR) is 65.8 cm³/mol. The van der Waals surface area contributed by atoms with Gasteiger partial charge in [0.1, 0.15) is 11.3 Å². The lowest BCUT2D eigenvalue weighted by molar-refractivity contribution is 0.471. The summed E-state index contributed by atoms with van der Waals surface area (Å²) in [6.07, 6.45) is 7.78. The van der Waals surface area contributed by atoms with Gasteiger partial charge in [-0.1, -0.05) is 18.2 Å². The first-order valence-electron chi connectivity index (χ1n) is 5.49. The Kier molecular flexibility index (Phi) is 3.28. The molecule has 2 N–H and O–H groups in total. The molecule has 0 fully saturated rings. The lowest BCUT2D eigenvalue weighted by atomic mass is 10.1. The van der Waals surface area contributed by atoms with Crippen LogP contribution in [-0.2, 0) is 0 Å². The molecule has 0 spiro atoms. The minimum absolute atomic E-state index is 0.0549. The van der Waals surface area contributed by atoms with E-state index in [0.29, 0.717) is 0 Å². The van der Waals surface area contributed by atoms with Crippen LogP contribution in [0.15, 0.2) is 34.7 Å². The molecule has 1 atom stereocenters. The number of rotatable bonds is 4. The highest BCUT2D eigenvalue weighted by Crippen LogP contribution is 2.24. The lowest BCUT2D eigenvalue weighted by Crippen LogP contribution is -2.08. The summed E-state index contributed by atoms with van der Waals surface area (Å²) < 4.78 is 5.68. The zero-order chi connectivity index (χ0) is 11.4. The number of terminal acetylenes is 1. The third-order valence-corrected chi connectivity index (χ3v) is 2.65. The predicted octanol–water partition coefficient (Wildman–Crippen LogP) is 3.24. The summed E-state index contributed by atoms with van der Waals surface area (Å²) in [5.41, 5.74) is 6.93. The van der Waals surface area contributed by atoms with Crippen LogP contribution in [0.4, 0.5) is 0 Å². The molecule has 1 heterocycles. The molecule has 1 aromatic heterocycles. The van der Waals surface area contributed by atoms with E-state index in [1.807, 2.05) is 30.3 Å². The molecule has 1 unspecified atom stereocenters.